The summed E-state index contributed by atoms with van der Waals surface area (Å²) in [6.07, 6.45) is 3.72. The molecule has 7 nitrogen and oxygen atoms in total. The van der Waals surface area contributed by atoms with Gasteiger partial charge in [-0.1, -0.05) is 18.2 Å². The van der Waals surface area contributed by atoms with Crippen LogP contribution in [0, 0.1) is 5.82 Å². The Morgan fingerprint density at radius 3 is 2.45 bits per heavy atom. The van der Waals surface area contributed by atoms with Gasteiger partial charge in [0, 0.05) is 12.1 Å². The number of nitrogens with zero attached hydrogens (tertiary/aromatic N) is 3. The maximum Gasteiger partial charge on any atom is 0.205 e. The average Bonchev–Trinajstić information content (AvgIpc) is 3.33. The van der Waals surface area contributed by atoms with Gasteiger partial charge >= 0.3 is 0 Å². The number of likely N-dealkylation sites (tertiary alicyclic amines) is 1. The highest BCUT2D eigenvalue weighted by molar-refractivity contribution is 5.96. The van der Waals surface area contributed by atoms with E-state index in [4.69, 9.17) is 14.2 Å². The molecule has 0 aliphatic carbocycles. The molecule has 3 aromatic rings. The fourth-order valence-corrected chi connectivity index (χ4v) is 4.23. The molecule has 0 radical (unpaired) electrons. The van der Waals surface area contributed by atoms with Crippen molar-refractivity contribution in [2.45, 2.75) is 18.9 Å². The zero-order valence-electron chi connectivity index (χ0n) is 18.0. The van der Waals surface area contributed by atoms with Gasteiger partial charge in [-0.3, -0.25) is 4.90 Å². The van der Waals surface area contributed by atoms with Gasteiger partial charge in [0.05, 0.1) is 32.8 Å². The van der Waals surface area contributed by atoms with Crippen LogP contribution < -0.4 is 19.5 Å². The molecule has 2 aromatic carbocycles. The van der Waals surface area contributed by atoms with Crippen molar-refractivity contribution in [3.8, 4) is 17.2 Å². The molecule has 4 rings (SSSR count). The standard InChI is InChI=1S/C23H27FN4O3/c1-29-19-12-16-20(22(31-3)21(19)30-2)26-14-27-23(16)25-13-18(28-10-6-7-11-28)15-8-4-5-9-17(15)24/h4-5,8-9,12,14,18H,6-7,10-11,13H2,1-3H3,(H,25,26,27). The molecule has 1 atom stereocenters. The number of fused-ring (bicyclic) bond motifs is 1. The van der Waals surface area contributed by atoms with Crippen LogP contribution in [0.5, 0.6) is 17.2 Å². The van der Waals surface area contributed by atoms with Gasteiger partial charge in [0.15, 0.2) is 11.5 Å². The molecule has 1 saturated heterocycles. The molecule has 0 spiro atoms. The number of rotatable bonds is 8. The molecular weight excluding hydrogens is 399 g/mol. The molecule has 0 bridgehead atoms. The second kappa shape index (κ2) is 9.34. The molecule has 2 heterocycles. The lowest BCUT2D eigenvalue weighted by atomic mass is 10.0. The summed E-state index contributed by atoms with van der Waals surface area (Å²) >= 11 is 0. The topological polar surface area (TPSA) is 68.7 Å². The molecule has 8 heteroatoms. The minimum atomic E-state index is -0.193. The highest BCUT2D eigenvalue weighted by Gasteiger charge is 2.26. The zero-order chi connectivity index (χ0) is 21.8. The van der Waals surface area contributed by atoms with Crippen molar-refractivity contribution in [3.63, 3.8) is 0 Å². The Kier molecular flexibility index (Phi) is 6.36. The van der Waals surface area contributed by atoms with Crippen LogP contribution in [-0.2, 0) is 0 Å². The summed E-state index contributed by atoms with van der Waals surface area (Å²) in [4.78, 5) is 11.2. The van der Waals surface area contributed by atoms with Crippen LogP contribution in [-0.4, -0.2) is 55.8 Å². The lowest BCUT2D eigenvalue weighted by Crippen LogP contribution is -2.31. The van der Waals surface area contributed by atoms with Crippen molar-refractivity contribution in [3.05, 3.63) is 48.0 Å². The third kappa shape index (κ3) is 4.07. The Bertz CT molecular complexity index is 1060. The summed E-state index contributed by atoms with van der Waals surface area (Å²) in [5.74, 6) is 1.91. The van der Waals surface area contributed by atoms with Gasteiger partial charge in [0.2, 0.25) is 5.75 Å². The summed E-state index contributed by atoms with van der Waals surface area (Å²) in [6.45, 7) is 2.40. The fraction of sp³-hybridized carbons (Fsp3) is 0.391. The predicted octanol–water partition coefficient (Wildman–Crippen LogP) is 4.04. The van der Waals surface area contributed by atoms with E-state index in [9.17, 15) is 4.39 Å². The van der Waals surface area contributed by atoms with Gasteiger partial charge in [-0.15, -0.1) is 0 Å². The van der Waals surface area contributed by atoms with E-state index in [0.29, 0.717) is 40.7 Å². The van der Waals surface area contributed by atoms with Crippen LogP contribution in [0.1, 0.15) is 24.4 Å². The Labute approximate surface area is 181 Å². The first-order chi connectivity index (χ1) is 15.2. The SMILES string of the molecule is COc1cc2c(NCC(c3ccccc3F)N3CCCC3)ncnc2c(OC)c1OC. The number of aromatic nitrogens is 2. The fourth-order valence-electron chi connectivity index (χ4n) is 4.23. The Morgan fingerprint density at radius 1 is 1.03 bits per heavy atom. The maximum atomic E-state index is 14.6. The zero-order valence-corrected chi connectivity index (χ0v) is 18.0. The van der Waals surface area contributed by atoms with Crippen molar-refractivity contribution >= 4 is 16.7 Å². The number of methoxy groups -OCH3 is 3. The number of hydrogen-bond donors (Lipinski definition) is 1. The minimum Gasteiger partial charge on any atom is -0.493 e. The van der Waals surface area contributed by atoms with Gasteiger partial charge in [-0.05, 0) is 38.1 Å². The van der Waals surface area contributed by atoms with E-state index >= 15 is 0 Å². The summed E-state index contributed by atoms with van der Waals surface area (Å²) < 4.78 is 31.1. The third-order valence-electron chi connectivity index (χ3n) is 5.74. The van der Waals surface area contributed by atoms with Crippen molar-refractivity contribution in [1.82, 2.24) is 14.9 Å². The summed E-state index contributed by atoms with van der Waals surface area (Å²) in [7, 11) is 4.69. The van der Waals surface area contributed by atoms with Crippen LogP contribution in [0.25, 0.3) is 10.9 Å². The molecule has 1 aliphatic heterocycles. The second-order valence-electron chi connectivity index (χ2n) is 7.43. The first-order valence-electron chi connectivity index (χ1n) is 10.3. The molecule has 0 amide bonds. The monoisotopic (exact) mass is 426 g/mol. The first-order valence-corrected chi connectivity index (χ1v) is 10.3. The predicted molar refractivity (Wildman–Crippen MR) is 118 cm³/mol. The molecule has 1 aliphatic rings. The average molecular weight is 426 g/mol. The van der Waals surface area contributed by atoms with E-state index in [1.807, 2.05) is 18.2 Å². The quantitative estimate of drug-likeness (QED) is 0.583. The van der Waals surface area contributed by atoms with Crippen LogP contribution >= 0.6 is 0 Å². The summed E-state index contributed by atoms with van der Waals surface area (Å²) in [5.41, 5.74) is 1.30. The van der Waals surface area contributed by atoms with Gasteiger partial charge in [-0.2, -0.15) is 0 Å². The number of ether oxygens (including phenoxy) is 3. The lowest BCUT2D eigenvalue weighted by Gasteiger charge is -2.29. The molecule has 1 aromatic heterocycles. The highest BCUT2D eigenvalue weighted by atomic mass is 19.1. The number of nitrogens with one attached hydrogen (secondary N) is 1. The Balaban J connectivity index is 1.71. The van der Waals surface area contributed by atoms with Crippen LogP contribution in [0.4, 0.5) is 10.2 Å². The molecule has 1 N–H and O–H groups in total. The maximum absolute atomic E-state index is 14.6. The van der Waals surface area contributed by atoms with E-state index < -0.39 is 0 Å². The van der Waals surface area contributed by atoms with Gasteiger partial charge in [-0.25, -0.2) is 14.4 Å². The third-order valence-corrected chi connectivity index (χ3v) is 5.74. The van der Waals surface area contributed by atoms with Crippen LogP contribution in [0.15, 0.2) is 36.7 Å². The molecule has 1 unspecified atom stereocenters. The van der Waals surface area contributed by atoms with E-state index in [1.54, 1.807) is 27.4 Å². The van der Waals surface area contributed by atoms with E-state index in [1.165, 1.54) is 12.4 Å². The molecule has 0 saturated carbocycles. The summed E-state index contributed by atoms with van der Waals surface area (Å²) in [5, 5.41) is 4.16. The number of hydrogen-bond acceptors (Lipinski definition) is 7. The lowest BCUT2D eigenvalue weighted by molar-refractivity contribution is 0.250. The minimum absolute atomic E-state index is 0.101. The van der Waals surface area contributed by atoms with Crippen LogP contribution in [0.3, 0.4) is 0 Å². The second-order valence-corrected chi connectivity index (χ2v) is 7.43. The smallest absolute Gasteiger partial charge is 0.205 e. The molecule has 31 heavy (non-hydrogen) atoms. The van der Waals surface area contributed by atoms with E-state index in [2.05, 4.69) is 20.2 Å². The summed E-state index contributed by atoms with van der Waals surface area (Å²) in [6, 6.07) is 8.69. The number of anilines is 1. The molecule has 1 fully saturated rings. The van der Waals surface area contributed by atoms with Gasteiger partial charge in [0.1, 0.15) is 23.5 Å². The van der Waals surface area contributed by atoms with Crippen molar-refractivity contribution in [2.75, 3.05) is 46.3 Å². The van der Waals surface area contributed by atoms with Crippen molar-refractivity contribution in [2.24, 2.45) is 0 Å². The Morgan fingerprint density at radius 2 is 1.77 bits per heavy atom. The number of benzene rings is 2. The molecular formula is C23H27FN4O3. The van der Waals surface area contributed by atoms with Crippen molar-refractivity contribution < 1.29 is 18.6 Å². The number of halogens is 1. The largest absolute Gasteiger partial charge is 0.493 e. The van der Waals surface area contributed by atoms with E-state index in [-0.39, 0.29) is 11.9 Å². The molecule has 164 valence electrons. The van der Waals surface area contributed by atoms with Gasteiger partial charge in [0.25, 0.3) is 0 Å². The Hall–Kier alpha value is -3.13. The van der Waals surface area contributed by atoms with Crippen molar-refractivity contribution in [1.29, 1.82) is 0 Å². The first kappa shape index (κ1) is 21.1. The normalized spacial score (nSPS) is 15.1. The van der Waals surface area contributed by atoms with Crippen LogP contribution in [0.2, 0.25) is 0 Å². The van der Waals surface area contributed by atoms with E-state index in [0.717, 1.165) is 31.3 Å². The van der Waals surface area contributed by atoms with Gasteiger partial charge < -0.3 is 19.5 Å². The highest BCUT2D eigenvalue weighted by Crippen LogP contribution is 2.43.